The molecule has 0 amide bonds. The summed E-state index contributed by atoms with van der Waals surface area (Å²) in [7, 11) is 0. The van der Waals surface area contributed by atoms with Crippen LogP contribution in [0.3, 0.4) is 0 Å². The Morgan fingerprint density at radius 2 is 1.48 bits per heavy atom. The highest BCUT2D eigenvalue weighted by molar-refractivity contribution is 5.26. The normalized spacial score (nSPS) is 59.4. The van der Waals surface area contributed by atoms with E-state index >= 15 is 0 Å². The molecule has 5 saturated carbocycles. The third kappa shape index (κ3) is 1.79. The Hall–Kier alpha value is -0.810. The van der Waals surface area contributed by atoms with Crippen molar-refractivity contribution in [1.82, 2.24) is 0 Å². The van der Waals surface area contributed by atoms with Gasteiger partial charge in [-0.1, -0.05) is 12.2 Å². The van der Waals surface area contributed by atoms with E-state index in [0.717, 1.165) is 59.9 Å². The van der Waals surface area contributed by atoms with E-state index in [1.807, 2.05) is 0 Å². The summed E-state index contributed by atoms with van der Waals surface area (Å²) in [5.74, 6) is 9.78. The third-order valence-electron chi connectivity index (χ3n) is 9.41. The van der Waals surface area contributed by atoms with Gasteiger partial charge in [-0.15, -0.1) is 0 Å². The van der Waals surface area contributed by atoms with E-state index in [1.165, 1.54) is 19.3 Å². The summed E-state index contributed by atoms with van der Waals surface area (Å²) >= 11 is 0. The van der Waals surface area contributed by atoms with E-state index < -0.39 is 0 Å². The molecular weight excluding hydrogens is 306 g/mol. The van der Waals surface area contributed by atoms with Gasteiger partial charge in [-0.25, -0.2) is 0 Å². The molecule has 0 aromatic heterocycles. The van der Waals surface area contributed by atoms with Crippen molar-refractivity contribution in [1.29, 1.82) is 5.26 Å². The molecule has 25 heavy (non-hydrogen) atoms. The Balaban J connectivity index is 1.31. The Labute approximate surface area is 152 Å². The minimum Gasteiger partial charge on any atom is -0.376 e. The predicted molar refractivity (Wildman–Crippen MR) is 96.2 cm³/mol. The van der Waals surface area contributed by atoms with Gasteiger partial charge in [0.25, 0.3) is 0 Å². The number of rotatable bonds is 2. The number of nitrogens with zero attached hydrogens (tertiary/aromatic N) is 1. The van der Waals surface area contributed by atoms with Crippen LogP contribution in [0.5, 0.6) is 0 Å². The zero-order valence-corrected chi connectivity index (χ0v) is 15.8. The molecule has 6 aliphatic rings. The second-order valence-corrected chi connectivity index (χ2v) is 11.1. The predicted octanol–water partition coefficient (Wildman–Crippen LogP) is 4.53. The summed E-state index contributed by atoms with van der Waals surface area (Å²) in [6.07, 6.45) is 9.40. The molecule has 6 rings (SSSR count). The summed E-state index contributed by atoms with van der Waals surface area (Å²) < 4.78 is 6.20. The Morgan fingerprint density at radius 1 is 0.880 bits per heavy atom. The molecular formula is C23H31NO. The zero-order chi connectivity index (χ0) is 17.1. The van der Waals surface area contributed by atoms with Crippen LogP contribution in [0, 0.1) is 82.3 Å². The first kappa shape index (κ1) is 15.3. The standard InChI is InChI=1S/C23H31NO/c1-23(2,3)25-10-18-14-7-13(17(18)9-24)21-15-8-16(22(14)21)20-12-5-4-11(6-12)19(15)20/h4-5,11-22H,6-8,10H2,1-3H3. The topological polar surface area (TPSA) is 33.0 Å². The lowest BCUT2D eigenvalue weighted by atomic mass is 9.57. The van der Waals surface area contributed by atoms with E-state index in [0.29, 0.717) is 11.8 Å². The van der Waals surface area contributed by atoms with Gasteiger partial charge in [-0.2, -0.15) is 5.26 Å². The van der Waals surface area contributed by atoms with Crippen LogP contribution in [0.4, 0.5) is 0 Å². The maximum Gasteiger partial charge on any atom is 0.0662 e. The van der Waals surface area contributed by atoms with Gasteiger partial charge in [0.1, 0.15) is 0 Å². The summed E-state index contributed by atoms with van der Waals surface area (Å²) in [6, 6.07) is 2.75. The molecule has 0 saturated heterocycles. The van der Waals surface area contributed by atoms with E-state index in [1.54, 1.807) is 0 Å². The van der Waals surface area contributed by atoms with Crippen LogP contribution in [0.15, 0.2) is 12.2 Å². The van der Waals surface area contributed by atoms with Crippen LogP contribution < -0.4 is 0 Å². The van der Waals surface area contributed by atoms with Gasteiger partial charge in [-0.05, 0) is 99.2 Å². The molecule has 0 aromatic rings. The molecule has 6 aliphatic carbocycles. The first-order valence-electron chi connectivity index (χ1n) is 10.7. The SMILES string of the molecule is CC(C)(C)OCC1C(C#N)C2CC1C1C3CC(C4C5C=CC(C5)C34)C21. The van der Waals surface area contributed by atoms with E-state index in [-0.39, 0.29) is 11.5 Å². The molecule has 5 fully saturated rings. The summed E-state index contributed by atoms with van der Waals surface area (Å²) in [5, 5.41) is 9.95. The van der Waals surface area contributed by atoms with Gasteiger partial charge in [0, 0.05) is 5.92 Å². The molecule has 0 aliphatic heterocycles. The Bertz CT molecular complexity index is 669. The molecule has 134 valence electrons. The lowest BCUT2D eigenvalue weighted by molar-refractivity contribution is -0.0631. The van der Waals surface area contributed by atoms with Crippen molar-refractivity contribution < 1.29 is 4.74 Å². The third-order valence-corrected chi connectivity index (χ3v) is 9.41. The summed E-state index contributed by atoms with van der Waals surface area (Å²) in [4.78, 5) is 0. The van der Waals surface area contributed by atoms with Crippen molar-refractivity contribution in [3.63, 3.8) is 0 Å². The molecule has 0 N–H and O–H groups in total. The number of fused-ring (bicyclic) bond motifs is 16. The lowest BCUT2D eigenvalue weighted by Gasteiger charge is -2.47. The first-order chi connectivity index (χ1) is 12.0. The van der Waals surface area contributed by atoms with Crippen molar-refractivity contribution in [3.05, 3.63) is 12.2 Å². The van der Waals surface area contributed by atoms with Gasteiger partial charge < -0.3 is 4.74 Å². The average molecular weight is 338 g/mol. The first-order valence-corrected chi connectivity index (χ1v) is 10.7. The second kappa shape index (κ2) is 4.72. The molecule has 12 atom stereocenters. The van der Waals surface area contributed by atoms with Gasteiger partial charge in [-0.3, -0.25) is 0 Å². The fraction of sp³-hybridized carbons (Fsp3) is 0.870. The van der Waals surface area contributed by atoms with E-state index in [4.69, 9.17) is 4.74 Å². The van der Waals surface area contributed by atoms with Crippen LogP contribution in [0.2, 0.25) is 0 Å². The fourth-order valence-corrected chi connectivity index (χ4v) is 9.16. The maximum absolute atomic E-state index is 9.95. The minimum absolute atomic E-state index is 0.0869. The lowest BCUT2D eigenvalue weighted by Crippen LogP contribution is -2.45. The highest BCUT2D eigenvalue weighted by atomic mass is 16.5. The maximum atomic E-state index is 9.95. The van der Waals surface area contributed by atoms with Crippen LogP contribution >= 0.6 is 0 Å². The van der Waals surface area contributed by atoms with E-state index in [2.05, 4.69) is 39.0 Å². The van der Waals surface area contributed by atoms with Crippen molar-refractivity contribution in [2.45, 2.75) is 45.6 Å². The highest BCUT2D eigenvalue weighted by Crippen LogP contribution is 2.77. The number of nitriles is 1. The molecule has 12 unspecified atom stereocenters. The number of ether oxygens (including phenoxy) is 1. The van der Waals surface area contributed by atoms with E-state index in [9.17, 15) is 5.26 Å². The van der Waals surface area contributed by atoms with Crippen LogP contribution in [-0.2, 0) is 4.74 Å². The summed E-state index contributed by atoms with van der Waals surface area (Å²) in [6.45, 7) is 7.25. The smallest absolute Gasteiger partial charge is 0.0662 e. The van der Waals surface area contributed by atoms with Gasteiger partial charge in [0.05, 0.1) is 24.2 Å². The quantitative estimate of drug-likeness (QED) is 0.548. The minimum atomic E-state index is -0.0869. The average Bonchev–Trinajstić information content (AvgIpc) is 3.36. The number of hydrogen-bond acceptors (Lipinski definition) is 2. The van der Waals surface area contributed by atoms with Crippen molar-refractivity contribution in [2.75, 3.05) is 6.61 Å². The number of hydrogen-bond donors (Lipinski definition) is 0. The summed E-state index contributed by atoms with van der Waals surface area (Å²) in [5.41, 5.74) is -0.0869. The van der Waals surface area contributed by atoms with Gasteiger partial charge in [0.2, 0.25) is 0 Å². The molecule has 2 nitrogen and oxygen atoms in total. The molecule has 0 aromatic carbocycles. The molecule has 0 heterocycles. The van der Waals surface area contributed by atoms with Crippen LogP contribution in [0.25, 0.3) is 0 Å². The van der Waals surface area contributed by atoms with Gasteiger partial charge >= 0.3 is 0 Å². The molecule has 0 radical (unpaired) electrons. The second-order valence-electron chi connectivity index (χ2n) is 11.1. The largest absolute Gasteiger partial charge is 0.376 e. The molecule has 2 heteroatoms. The highest BCUT2D eigenvalue weighted by Gasteiger charge is 2.72. The fourth-order valence-electron chi connectivity index (χ4n) is 9.16. The van der Waals surface area contributed by atoms with Crippen molar-refractivity contribution in [2.24, 2.45) is 71.0 Å². The zero-order valence-electron chi connectivity index (χ0n) is 15.8. The number of allylic oxidation sites excluding steroid dienone is 2. The van der Waals surface area contributed by atoms with Crippen LogP contribution in [-0.4, -0.2) is 12.2 Å². The van der Waals surface area contributed by atoms with Crippen molar-refractivity contribution in [3.8, 4) is 6.07 Å². The van der Waals surface area contributed by atoms with Gasteiger partial charge in [0.15, 0.2) is 0 Å². The Morgan fingerprint density at radius 3 is 2.08 bits per heavy atom. The monoisotopic (exact) mass is 337 g/mol. The molecule has 0 spiro atoms. The molecule has 6 bridgehead atoms. The van der Waals surface area contributed by atoms with Crippen molar-refractivity contribution >= 4 is 0 Å². The Kier molecular flexibility index (Phi) is 2.88. The van der Waals surface area contributed by atoms with Crippen LogP contribution in [0.1, 0.15) is 40.0 Å².